The van der Waals surface area contributed by atoms with Crippen LogP contribution in [0.5, 0.6) is 0 Å². The lowest BCUT2D eigenvalue weighted by molar-refractivity contribution is 1.10. The Morgan fingerprint density at radius 1 is 0.435 bits per heavy atom. The molecule has 0 radical (unpaired) electrons. The quantitative estimate of drug-likeness (QED) is 0.188. The standard InChI is InChI=1S/C44H30N2/c1-29-19-26-40-41(27-29)46(44(45-40)32-12-3-2-4-13-32)35-24-22-31(23-25-35)42-36-15-7-9-17-38(36)43(39-18-10-8-16-37(39)42)34-21-20-30-11-5-6-14-33(30)28-34/h2-28H,1H3. The van der Waals surface area contributed by atoms with E-state index in [9.17, 15) is 0 Å². The van der Waals surface area contributed by atoms with Gasteiger partial charge in [-0.1, -0.05) is 133 Å². The number of nitrogens with zero attached hydrogens (tertiary/aromatic N) is 2. The average molecular weight is 587 g/mol. The van der Waals surface area contributed by atoms with Gasteiger partial charge in [0, 0.05) is 11.3 Å². The van der Waals surface area contributed by atoms with Gasteiger partial charge < -0.3 is 0 Å². The predicted molar refractivity (Wildman–Crippen MR) is 195 cm³/mol. The third kappa shape index (κ3) is 4.22. The molecule has 0 N–H and O–H groups in total. The summed E-state index contributed by atoms with van der Waals surface area (Å²) in [5, 5.41) is 7.55. The lowest BCUT2D eigenvalue weighted by Gasteiger charge is -2.18. The van der Waals surface area contributed by atoms with Crippen LogP contribution in [-0.4, -0.2) is 9.55 Å². The van der Waals surface area contributed by atoms with Crippen LogP contribution < -0.4 is 0 Å². The van der Waals surface area contributed by atoms with Crippen molar-refractivity contribution in [1.29, 1.82) is 0 Å². The summed E-state index contributed by atoms with van der Waals surface area (Å²) in [5.41, 5.74) is 10.5. The zero-order chi connectivity index (χ0) is 30.6. The zero-order valence-electron chi connectivity index (χ0n) is 25.5. The Kier molecular flexibility index (Phi) is 6.07. The molecule has 9 rings (SSSR count). The molecule has 0 bridgehead atoms. The number of aryl methyl sites for hydroxylation is 1. The zero-order valence-corrected chi connectivity index (χ0v) is 25.5. The second kappa shape index (κ2) is 10.6. The fraction of sp³-hybridized carbons (Fsp3) is 0.0227. The van der Waals surface area contributed by atoms with E-state index in [0.717, 1.165) is 28.1 Å². The van der Waals surface area contributed by atoms with Crippen molar-refractivity contribution in [3.63, 3.8) is 0 Å². The van der Waals surface area contributed by atoms with Crippen LogP contribution in [0, 0.1) is 6.92 Å². The molecule has 0 saturated carbocycles. The van der Waals surface area contributed by atoms with Crippen LogP contribution in [0.3, 0.4) is 0 Å². The molecule has 0 fully saturated rings. The molecule has 0 amide bonds. The highest BCUT2D eigenvalue weighted by molar-refractivity contribution is 6.21. The molecule has 1 heterocycles. The second-order valence-corrected chi connectivity index (χ2v) is 12.1. The smallest absolute Gasteiger partial charge is 0.145 e. The highest BCUT2D eigenvalue weighted by atomic mass is 15.1. The first-order valence-electron chi connectivity index (χ1n) is 15.8. The minimum atomic E-state index is 0.949. The van der Waals surface area contributed by atoms with Gasteiger partial charge in [0.25, 0.3) is 0 Å². The molecular formula is C44H30N2. The number of fused-ring (bicyclic) bond motifs is 4. The molecule has 46 heavy (non-hydrogen) atoms. The molecule has 0 aliphatic rings. The number of benzene rings is 8. The van der Waals surface area contributed by atoms with Crippen LogP contribution in [0.4, 0.5) is 0 Å². The molecule has 1 aromatic heterocycles. The van der Waals surface area contributed by atoms with Crippen molar-refractivity contribution >= 4 is 43.4 Å². The van der Waals surface area contributed by atoms with Gasteiger partial charge in [0.2, 0.25) is 0 Å². The third-order valence-electron chi connectivity index (χ3n) is 9.23. The number of imidazole rings is 1. The van der Waals surface area contributed by atoms with Crippen LogP contribution in [0.1, 0.15) is 5.56 Å². The Hall–Kier alpha value is -5.99. The Morgan fingerprint density at radius 2 is 1.00 bits per heavy atom. The fourth-order valence-electron chi connectivity index (χ4n) is 7.10. The molecule has 2 heteroatoms. The summed E-state index contributed by atoms with van der Waals surface area (Å²) in [5.74, 6) is 0.949. The van der Waals surface area contributed by atoms with Crippen LogP contribution in [0.2, 0.25) is 0 Å². The maximum absolute atomic E-state index is 5.08. The Morgan fingerprint density at radius 3 is 1.67 bits per heavy atom. The maximum Gasteiger partial charge on any atom is 0.145 e. The number of hydrogen-bond donors (Lipinski definition) is 0. The normalized spacial score (nSPS) is 11.6. The second-order valence-electron chi connectivity index (χ2n) is 12.1. The van der Waals surface area contributed by atoms with Crippen LogP contribution in [0.25, 0.3) is 82.7 Å². The summed E-state index contributed by atoms with van der Waals surface area (Å²) >= 11 is 0. The first kappa shape index (κ1) is 26.4. The Bertz CT molecular complexity index is 2520. The fourth-order valence-corrected chi connectivity index (χ4v) is 7.10. The largest absolute Gasteiger partial charge is 0.292 e. The van der Waals surface area contributed by atoms with Gasteiger partial charge in [-0.05, 0) is 97.4 Å². The van der Waals surface area contributed by atoms with Crippen molar-refractivity contribution in [2.24, 2.45) is 0 Å². The minimum Gasteiger partial charge on any atom is -0.292 e. The molecule has 0 unspecified atom stereocenters. The van der Waals surface area contributed by atoms with Crippen LogP contribution in [0.15, 0.2) is 164 Å². The van der Waals surface area contributed by atoms with E-state index in [1.165, 1.54) is 60.1 Å². The van der Waals surface area contributed by atoms with Gasteiger partial charge >= 0.3 is 0 Å². The number of rotatable bonds is 4. The summed E-state index contributed by atoms with van der Waals surface area (Å²) in [7, 11) is 0. The first-order valence-corrected chi connectivity index (χ1v) is 15.8. The van der Waals surface area contributed by atoms with Gasteiger partial charge in [0.15, 0.2) is 0 Å². The van der Waals surface area contributed by atoms with E-state index in [0.29, 0.717) is 0 Å². The van der Waals surface area contributed by atoms with Gasteiger partial charge in [-0.2, -0.15) is 0 Å². The van der Waals surface area contributed by atoms with Gasteiger partial charge in [-0.25, -0.2) is 4.98 Å². The molecule has 216 valence electrons. The molecule has 8 aromatic carbocycles. The Labute approximate surface area is 267 Å². The van der Waals surface area contributed by atoms with Crippen LogP contribution in [-0.2, 0) is 0 Å². The van der Waals surface area contributed by atoms with Gasteiger partial charge in [0.1, 0.15) is 5.82 Å². The van der Waals surface area contributed by atoms with Crippen molar-refractivity contribution < 1.29 is 0 Å². The highest BCUT2D eigenvalue weighted by Gasteiger charge is 2.18. The molecule has 0 aliphatic heterocycles. The topological polar surface area (TPSA) is 17.8 Å². The molecule has 2 nitrogen and oxygen atoms in total. The van der Waals surface area contributed by atoms with E-state index in [-0.39, 0.29) is 0 Å². The van der Waals surface area contributed by atoms with Crippen LogP contribution >= 0.6 is 0 Å². The minimum absolute atomic E-state index is 0.949. The first-order chi connectivity index (χ1) is 22.7. The van der Waals surface area contributed by atoms with E-state index in [1.807, 2.05) is 0 Å². The van der Waals surface area contributed by atoms with Crippen molar-refractivity contribution in [3.8, 4) is 39.3 Å². The monoisotopic (exact) mass is 586 g/mol. The molecule has 9 aromatic rings. The van der Waals surface area contributed by atoms with Crippen molar-refractivity contribution in [1.82, 2.24) is 9.55 Å². The van der Waals surface area contributed by atoms with E-state index < -0.39 is 0 Å². The summed E-state index contributed by atoms with van der Waals surface area (Å²) < 4.78 is 2.29. The van der Waals surface area contributed by atoms with E-state index in [1.54, 1.807) is 0 Å². The van der Waals surface area contributed by atoms with Gasteiger partial charge in [0.05, 0.1) is 11.0 Å². The summed E-state index contributed by atoms with van der Waals surface area (Å²) in [6, 6.07) is 59.2. The molecule has 0 aliphatic carbocycles. The van der Waals surface area contributed by atoms with E-state index in [4.69, 9.17) is 4.98 Å². The van der Waals surface area contributed by atoms with Gasteiger partial charge in [-0.15, -0.1) is 0 Å². The van der Waals surface area contributed by atoms with E-state index in [2.05, 4.69) is 175 Å². The Balaban J connectivity index is 1.26. The van der Waals surface area contributed by atoms with Crippen molar-refractivity contribution in [2.45, 2.75) is 6.92 Å². The lowest BCUT2D eigenvalue weighted by atomic mass is 9.85. The molecule has 0 saturated heterocycles. The molecular weight excluding hydrogens is 556 g/mol. The molecule has 0 atom stereocenters. The van der Waals surface area contributed by atoms with Crippen molar-refractivity contribution in [3.05, 3.63) is 169 Å². The van der Waals surface area contributed by atoms with Gasteiger partial charge in [-0.3, -0.25) is 4.57 Å². The average Bonchev–Trinajstić information content (AvgIpc) is 3.49. The van der Waals surface area contributed by atoms with E-state index >= 15 is 0 Å². The van der Waals surface area contributed by atoms with Crippen molar-refractivity contribution in [2.75, 3.05) is 0 Å². The molecule has 0 spiro atoms. The SMILES string of the molecule is Cc1ccc2nc(-c3ccccc3)n(-c3ccc(-c4c5ccccc5c(-c5ccc6ccccc6c5)c5ccccc45)cc3)c2c1. The third-order valence-corrected chi connectivity index (χ3v) is 9.23. The number of aromatic nitrogens is 2. The maximum atomic E-state index is 5.08. The lowest BCUT2D eigenvalue weighted by Crippen LogP contribution is -1.98. The summed E-state index contributed by atoms with van der Waals surface area (Å²) in [6.45, 7) is 2.14. The highest BCUT2D eigenvalue weighted by Crippen LogP contribution is 2.44. The predicted octanol–water partition coefficient (Wildman–Crippen LogP) is 11.8. The number of hydrogen-bond acceptors (Lipinski definition) is 1. The summed E-state index contributed by atoms with van der Waals surface area (Å²) in [6.07, 6.45) is 0. The summed E-state index contributed by atoms with van der Waals surface area (Å²) in [4.78, 5) is 5.08.